The minimum absolute atomic E-state index is 0.542. The molecule has 0 unspecified atom stereocenters. The van der Waals surface area contributed by atoms with Gasteiger partial charge < -0.3 is 4.57 Å². The number of hydrogen-bond donors (Lipinski definition) is 0. The molecule has 0 fully saturated rings. The largest absolute Gasteiger partial charge is 0.308 e. The number of hydrogen-bond acceptors (Lipinski definition) is 5. The molecule has 0 aliphatic heterocycles. The van der Waals surface area contributed by atoms with E-state index in [0.29, 0.717) is 23.3 Å². The van der Waals surface area contributed by atoms with E-state index >= 15 is 0 Å². The molecular formula is C63H44N6. The van der Waals surface area contributed by atoms with Gasteiger partial charge in [-0.05, 0) is 77.6 Å². The summed E-state index contributed by atoms with van der Waals surface area (Å²) in [6, 6.07) is 80.4. The Hall–Kier alpha value is -9.13. The van der Waals surface area contributed by atoms with E-state index in [1.54, 1.807) is 0 Å². The first-order chi connectivity index (χ1) is 34.0. The van der Waals surface area contributed by atoms with Gasteiger partial charge in [-0.3, -0.25) is 0 Å². The highest BCUT2D eigenvalue weighted by atomic mass is 15.1. The van der Waals surface area contributed by atoms with Gasteiger partial charge >= 0.3 is 0 Å². The third-order valence-electron chi connectivity index (χ3n) is 13.0. The molecule has 0 spiro atoms. The molecule has 0 atom stereocenters. The maximum Gasteiger partial charge on any atom is 0.166 e. The molecule has 0 aliphatic rings. The summed E-state index contributed by atoms with van der Waals surface area (Å²) in [7, 11) is 0. The smallest absolute Gasteiger partial charge is 0.166 e. The van der Waals surface area contributed by atoms with Crippen molar-refractivity contribution in [3.8, 4) is 96.0 Å². The molecule has 0 aliphatic carbocycles. The molecule has 0 amide bonds. The number of benzene rings is 9. The highest BCUT2D eigenvalue weighted by Crippen LogP contribution is 2.42. The Bertz CT molecular complexity index is 3630. The number of nitrogens with zero attached hydrogens (tertiary/aromatic N) is 6. The summed E-state index contributed by atoms with van der Waals surface area (Å²) in [5, 5.41) is 2.30. The van der Waals surface area contributed by atoms with Crippen molar-refractivity contribution in [2.45, 2.75) is 13.8 Å². The summed E-state index contributed by atoms with van der Waals surface area (Å²) in [6.45, 7) is 4.35. The van der Waals surface area contributed by atoms with E-state index in [1.165, 1.54) is 22.3 Å². The lowest BCUT2D eigenvalue weighted by Gasteiger charge is -2.17. The number of aromatic nitrogens is 6. The van der Waals surface area contributed by atoms with Crippen LogP contribution in [0.15, 0.2) is 231 Å². The van der Waals surface area contributed by atoms with E-state index in [4.69, 9.17) is 24.9 Å². The Morgan fingerprint density at radius 1 is 0.275 bits per heavy atom. The van der Waals surface area contributed by atoms with E-state index in [1.807, 2.05) is 72.8 Å². The first kappa shape index (κ1) is 41.3. The summed E-state index contributed by atoms with van der Waals surface area (Å²) in [5.74, 6) is 2.36. The normalized spacial score (nSPS) is 11.3. The van der Waals surface area contributed by atoms with Crippen molar-refractivity contribution in [1.82, 2.24) is 29.5 Å². The Labute approximate surface area is 401 Å². The maximum absolute atomic E-state index is 5.38. The molecule has 0 radical (unpaired) electrons. The van der Waals surface area contributed by atoms with Crippen molar-refractivity contribution in [3.63, 3.8) is 0 Å². The van der Waals surface area contributed by atoms with E-state index < -0.39 is 0 Å². The molecule has 0 saturated heterocycles. The van der Waals surface area contributed by atoms with Crippen LogP contribution in [0.5, 0.6) is 0 Å². The highest BCUT2D eigenvalue weighted by molar-refractivity contribution is 6.12. The first-order valence-corrected chi connectivity index (χ1v) is 23.2. The lowest BCUT2D eigenvalue weighted by atomic mass is 9.98. The summed E-state index contributed by atoms with van der Waals surface area (Å²) in [4.78, 5) is 26.3. The minimum atomic E-state index is 0.542. The van der Waals surface area contributed by atoms with Crippen molar-refractivity contribution in [2.24, 2.45) is 0 Å². The molecule has 0 N–H and O–H groups in total. The van der Waals surface area contributed by atoms with Crippen LogP contribution in [0.4, 0.5) is 0 Å². The zero-order valence-corrected chi connectivity index (χ0v) is 38.1. The molecule has 0 bridgehead atoms. The van der Waals surface area contributed by atoms with Crippen molar-refractivity contribution < 1.29 is 0 Å². The van der Waals surface area contributed by atoms with Crippen molar-refractivity contribution in [2.75, 3.05) is 0 Å². The van der Waals surface area contributed by atoms with Crippen molar-refractivity contribution in [1.29, 1.82) is 0 Å². The minimum Gasteiger partial charge on any atom is -0.308 e. The highest BCUT2D eigenvalue weighted by Gasteiger charge is 2.23. The molecule has 12 rings (SSSR count). The van der Waals surface area contributed by atoms with Gasteiger partial charge in [-0.25, -0.2) is 24.9 Å². The average Bonchev–Trinajstić information content (AvgIpc) is 3.74. The second-order valence-electron chi connectivity index (χ2n) is 17.4. The van der Waals surface area contributed by atoms with Gasteiger partial charge in [0.2, 0.25) is 0 Å². The van der Waals surface area contributed by atoms with Crippen LogP contribution in [0.1, 0.15) is 11.1 Å². The molecule has 0 saturated carbocycles. The van der Waals surface area contributed by atoms with Gasteiger partial charge in [-0.15, -0.1) is 0 Å². The predicted molar refractivity (Wildman–Crippen MR) is 283 cm³/mol. The van der Waals surface area contributed by atoms with E-state index in [-0.39, 0.29) is 0 Å². The summed E-state index contributed by atoms with van der Waals surface area (Å²) < 4.78 is 2.41. The van der Waals surface area contributed by atoms with Crippen LogP contribution < -0.4 is 0 Å². The molecule has 69 heavy (non-hydrogen) atoms. The second kappa shape index (κ2) is 17.6. The molecule has 326 valence electrons. The summed E-state index contributed by atoms with van der Waals surface area (Å²) in [5.41, 5.74) is 17.2. The van der Waals surface area contributed by atoms with Crippen LogP contribution in [-0.2, 0) is 0 Å². The predicted octanol–water partition coefficient (Wildman–Crippen LogP) is 15.7. The van der Waals surface area contributed by atoms with Gasteiger partial charge in [0.05, 0.1) is 28.1 Å². The SMILES string of the molecule is Cc1ccccc1-c1ccc2c3ccc(-c4ccccc4C)cc3n(-c3ccc(-c4cc(-c5ccccc5)nc(-c5ccccc5)n4)cc3-c3nc(-c4ccccc4)nc(-c4ccccc4)n3)c2c1. The molecule has 6 heteroatoms. The first-order valence-electron chi connectivity index (χ1n) is 23.2. The van der Waals surface area contributed by atoms with Crippen molar-refractivity contribution >= 4 is 21.8 Å². The zero-order valence-electron chi connectivity index (χ0n) is 38.1. The lowest BCUT2D eigenvalue weighted by Crippen LogP contribution is -2.04. The zero-order chi connectivity index (χ0) is 46.3. The van der Waals surface area contributed by atoms with Gasteiger partial charge in [0.1, 0.15) is 0 Å². The van der Waals surface area contributed by atoms with Crippen LogP contribution in [0.2, 0.25) is 0 Å². The summed E-state index contributed by atoms with van der Waals surface area (Å²) in [6.07, 6.45) is 0. The van der Waals surface area contributed by atoms with E-state index in [2.05, 4.69) is 176 Å². The number of fused-ring (bicyclic) bond motifs is 3. The van der Waals surface area contributed by atoms with E-state index in [9.17, 15) is 0 Å². The van der Waals surface area contributed by atoms with Gasteiger partial charge in [-0.2, -0.15) is 0 Å². The second-order valence-corrected chi connectivity index (χ2v) is 17.4. The Morgan fingerprint density at radius 3 is 1.14 bits per heavy atom. The third kappa shape index (κ3) is 7.84. The Kier molecular flexibility index (Phi) is 10.5. The maximum atomic E-state index is 5.38. The Morgan fingerprint density at radius 2 is 0.667 bits per heavy atom. The van der Waals surface area contributed by atoms with Crippen LogP contribution in [0, 0.1) is 13.8 Å². The van der Waals surface area contributed by atoms with Crippen LogP contribution >= 0.6 is 0 Å². The van der Waals surface area contributed by atoms with Gasteiger partial charge in [0.25, 0.3) is 0 Å². The average molecular weight is 885 g/mol. The van der Waals surface area contributed by atoms with Crippen LogP contribution in [0.3, 0.4) is 0 Å². The lowest BCUT2D eigenvalue weighted by molar-refractivity contribution is 1.06. The molecule has 3 heterocycles. The number of aryl methyl sites for hydroxylation is 2. The van der Waals surface area contributed by atoms with Gasteiger partial charge in [-0.1, -0.05) is 200 Å². The topological polar surface area (TPSA) is 69.4 Å². The van der Waals surface area contributed by atoms with E-state index in [0.717, 1.165) is 83.4 Å². The number of rotatable bonds is 9. The van der Waals surface area contributed by atoms with Gasteiger partial charge in [0.15, 0.2) is 23.3 Å². The molecular weight excluding hydrogens is 841 g/mol. The fourth-order valence-corrected chi connectivity index (χ4v) is 9.47. The quantitative estimate of drug-likeness (QED) is 0.144. The van der Waals surface area contributed by atoms with Crippen molar-refractivity contribution in [3.05, 3.63) is 242 Å². The Balaban J connectivity index is 1.18. The van der Waals surface area contributed by atoms with Crippen LogP contribution in [-0.4, -0.2) is 29.5 Å². The molecule has 9 aromatic carbocycles. The fourth-order valence-electron chi connectivity index (χ4n) is 9.47. The molecule has 3 aromatic heterocycles. The van der Waals surface area contributed by atoms with Crippen LogP contribution in [0.25, 0.3) is 118 Å². The third-order valence-corrected chi connectivity index (χ3v) is 13.0. The molecule has 12 aromatic rings. The summed E-state index contributed by atoms with van der Waals surface area (Å²) >= 11 is 0. The monoisotopic (exact) mass is 884 g/mol. The standard InChI is InChI=1S/C63H44N6/c1-41-19-15-17-29-50(41)47-31-34-52-53-35-32-48(51-30-18-16-20-42(51)2)39-59(53)69(58(52)38-47)57-36-33-49(56-40-55(43-21-7-3-8-22-43)64-60(65-56)44-23-9-4-10-24-44)37-54(57)63-67-61(45-25-11-5-12-26-45)66-62(68-63)46-27-13-6-14-28-46/h3-40H,1-2H3. The molecule has 6 nitrogen and oxygen atoms in total. The fraction of sp³-hybridized carbons (Fsp3) is 0.0317. The van der Waals surface area contributed by atoms with Gasteiger partial charge in [0, 0.05) is 44.2 Å².